The molecular formula is C14H24N2O4. The highest BCUT2D eigenvalue weighted by Crippen LogP contribution is 2.23. The van der Waals surface area contributed by atoms with Crippen LogP contribution in [-0.4, -0.2) is 48.3 Å². The molecule has 1 saturated carbocycles. The lowest BCUT2D eigenvalue weighted by Gasteiger charge is -2.26. The fourth-order valence-electron chi connectivity index (χ4n) is 2.56. The van der Waals surface area contributed by atoms with Gasteiger partial charge in [0.25, 0.3) is 0 Å². The first-order chi connectivity index (χ1) is 9.52. The molecule has 0 aliphatic heterocycles. The molecule has 0 aromatic heterocycles. The van der Waals surface area contributed by atoms with Crippen LogP contribution in [0.2, 0.25) is 0 Å². The first-order valence-corrected chi connectivity index (χ1v) is 7.22. The lowest BCUT2D eigenvalue weighted by atomic mass is 10.1. The minimum absolute atomic E-state index is 0.0498. The van der Waals surface area contributed by atoms with Crippen molar-refractivity contribution in [1.29, 1.82) is 0 Å². The van der Waals surface area contributed by atoms with Crippen LogP contribution < -0.4 is 5.73 Å². The van der Waals surface area contributed by atoms with Crippen LogP contribution in [0.1, 0.15) is 45.4 Å². The zero-order chi connectivity index (χ0) is 15.0. The Bertz CT molecular complexity index is 351. The van der Waals surface area contributed by atoms with Crippen molar-refractivity contribution in [1.82, 2.24) is 4.90 Å². The summed E-state index contributed by atoms with van der Waals surface area (Å²) in [7, 11) is 0. The predicted octanol–water partition coefficient (Wildman–Crippen LogP) is 0.629. The maximum atomic E-state index is 11.9. The van der Waals surface area contributed by atoms with Crippen LogP contribution in [0.15, 0.2) is 0 Å². The topological polar surface area (TPSA) is 89.7 Å². The Balaban J connectivity index is 2.41. The fourth-order valence-corrected chi connectivity index (χ4v) is 2.56. The number of rotatable bonds is 9. The Hall–Kier alpha value is -1.43. The maximum absolute atomic E-state index is 11.9. The summed E-state index contributed by atoms with van der Waals surface area (Å²) in [6.07, 6.45) is 4.49. The van der Waals surface area contributed by atoms with E-state index in [1.54, 1.807) is 6.92 Å². The molecule has 0 saturated heterocycles. The van der Waals surface area contributed by atoms with Crippen LogP contribution >= 0.6 is 0 Å². The van der Waals surface area contributed by atoms with Crippen molar-refractivity contribution in [3.63, 3.8) is 0 Å². The van der Waals surface area contributed by atoms with E-state index in [-0.39, 0.29) is 43.7 Å². The minimum atomic E-state index is -0.421. The van der Waals surface area contributed by atoms with Crippen molar-refractivity contribution in [2.45, 2.75) is 51.5 Å². The number of ketones is 1. The van der Waals surface area contributed by atoms with Crippen LogP contribution in [0.3, 0.4) is 0 Å². The molecule has 0 aromatic carbocycles. The summed E-state index contributed by atoms with van der Waals surface area (Å²) in [6.45, 7) is 2.35. The van der Waals surface area contributed by atoms with Crippen LogP contribution in [0.25, 0.3) is 0 Å². The Labute approximate surface area is 119 Å². The third-order valence-corrected chi connectivity index (χ3v) is 3.49. The third kappa shape index (κ3) is 6.14. The number of ether oxygens (including phenoxy) is 1. The van der Waals surface area contributed by atoms with E-state index in [0.29, 0.717) is 6.61 Å². The smallest absolute Gasteiger partial charge is 0.306 e. The first-order valence-electron chi connectivity index (χ1n) is 7.22. The molecule has 0 spiro atoms. The lowest BCUT2D eigenvalue weighted by Crippen LogP contribution is -2.43. The van der Waals surface area contributed by atoms with Gasteiger partial charge in [-0.05, 0) is 19.8 Å². The molecule has 0 atom stereocenters. The molecule has 0 bridgehead atoms. The Morgan fingerprint density at radius 2 is 1.80 bits per heavy atom. The average molecular weight is 284 g/mol. The van der Waals surface area contributed by atoms with Gasteiger partial charge in [0.05, 0.1) is 26.1 Å². The fraction of sp³-hybridized carbons (Fsp3) is 0.786. The first kappa shape index (κ1) is 16.6. The van der Waals surface area contributed by atoms with Crippen molar-refractivity contribution in [2.75, 3.05) is 19.7 Å². The number of amides is 1. The van der Waals surface area contributed by atoms with E-state index < -0.39 is 5.91 Å². The second kappa shape index (κ2) is 8.68. The molecule has 1 rings (SSSR count). The largest absolute Gasteiger partial charge is 0.466 e. The SMILES string of the molecule is CCOC(=O)CCC(=O)CN(CC(N)=O)C1CCCC1. The quantitative estimate of drug-likeness (QED) is 0.627. The highest BCUT2D eigenvalue weighted by Gasteiger charge is 2.25. The van der Waals surface area contributed by atoms with Crippen LogP contribution in [0.5, 0.6) is 0 Å². The van der Waals surface area contributed by atoms with Crippen molar-refractivity contribution in [3.8, 4) is 0 Å². The molecule has 2 N–H and O–H groups in total. The number of Topliss-reactive ketones (excluding diaryl/α,β-unsaturated/α-hetero) is 1. The number of carbonyl (C=O) groups excluding carboxylic acids is 3. The van der Waals surface area contributed by atoms with E-state index in [2.05, 4.69) is 0 Å². The van der Waals surface area contributed by atoms with E-state index in [1.165, 1.54) is 0 Å². The number of nitrogens with two attached hydrogens (primary N) is 1. The maximum Gasteiger partial charge on any atom is 0.306 e. The Kier molecular flexibility index (Phi) is 7.22. The molecule has 114 valence electrons. The van der Waals surface area contributed by atoms with Gasteiger partial charge in [-0.1, -0.05) is 12.8 Å². The average Bonchev–Trinajstić information content (AvgIpc) is 2.89. The zero-order valence-electron chi connectivity index (χ0n) is 12.1. The van der Waals surface area contributed by atoms with Gasteiger partial charge >= 0.3 is 5.97 Å². The summed E-state index contributed by atoms with van der Waals surface area (Å²) in [4.78, 5) is 36.0. The molecule has 1 fully saturated rings. The van der Waals surface area contributed by atoms with E-state index in [0.717, 1.165) is 25.7 Å². The molecule has 6 nitrogen and oxygen atoms in total. The highest BCUT2D eigenvalue weighted by atomic mass is 16.5. The van der Waals surface area contributed by atoms with Gasteiger partial charge in [-0.3, -0.25) is 19.3 Å². The van der Waals surface area contributed by atoms with E-state index in [9.17, 15) is 14.4 Å². The van der Waals surface area contributed by atoms with Gasteiger partial charge in [-0.15, -0.1) is 0 Å². The predicted molar refractivity (Wildman–Crippen MR) is 73.9 cm³/mol. The minimum Gasteiger partial charge on any atom is -0.466 e. The lowest BCUT2D eigenvalue weighted by molar-refractivity contribution is -0.144. The molecule has 0 aromatic rings. The van der Waals surface area contributed by atoms with E-state index in [4.69, 9.17) is 10.5 Å². The Morgan fingerprint density at radius 3 is 2.35 bits per heavy atom. The number of primary amides is 1. The highest BCUT2D eigenvalue weighted by molar-refractivity contribution is 5.85. The Morgan fingerprint density at radius 1 is 1.15 bits per heavy atom. The molecule has 0 heterocycles. The monoisotopic (exact) mass is 284 g/mol. The van der Waals surface area contributed by atoms with Crippen molar-refractivity contribution in [2.24, 2.45) is 5.73 Å². The number of carbonyl (C=O) groups is 3. The summed E-state index contributed by atoms with van der Waals surface area (Å²) in [5.41, 5.74) is 5.23. The summed E-state index contributed by atoms with van der Waals surface area (Å²) >= 11 is 0. The van der Waals surface area contributed by atoms with E-state index >= 15 is 0 Å². The van der Waals surface area contributed by atoms with Gasteiger partial charge in [-0.25, -0.2) is 0 Å². The number of hydrogen-bond donors (Lipinski definition) is 1. The zero-order valence-corrected chi connectivity index (χ0v) is 12.1. The van der Waals surface area contributed by atoms with Gasteiger partial charge in [0, 0.05) is 12.5 Å². The number of hydrogen-bond acceptors (Lipinski definition) is 5. The normalized spacial score (nSPS) is 15.5. The molecule has 0 radical (unpaired) electrons. The molecule has 1 amide bonds. The van der Waals surface area contributed by atoms with Crippen LogP contribution in [0, 0.1) is 0 Å². The van der Waals surface area contributed by atoms with Crippen LogP contribution in [0.4, 0.5) is 0 Å². The second-order valence-corrected chi connectivity index (χ2v) is 5.15. The van der Waals surface area contributed by atoms with Gasteiger partial charge in [-0.2, -0.15) is 0 Å². The molecule has 0 unspecified atom stereocenters. The van der Waals surface area contributed by atoms with Crippen molar-refractivity contribution >= 4 is 17.7 Å². The summed E-state index contributed by atoms with van der Waals surface area (Å²) in [5, 5.41) is 0. The summed E-state index contributed by atoms with van der Waals surface area (Å²) < 4.78 is 4.78. The molecular weight excluding hydrogens is 260 g/mol. The van der Waals surface area contributed by atoms with Gasteiger partial charge in [0.2, 0.25) is 5.91 Å². The molecule has 20 heavy (non-hydrogen) atoms. The van der Waals surface area contributed by atoms with Gasteiger partial charge in [0.15, 0.2) is 0 Å². The van der Waals surface area contributed by atoms with Gasteiger partial charge < -0.3 is 10.5 Å². The van der Waals surface area contributed by atoms with Crippen LogP contribution in [-0.2, 0) is 19.1 Å². The number of nitrogens with zero attached hydrogens (tertiary/aromatic N) is 1. The number of esters is 1. The third-order valence-electron chi connectivity index (χ3n) is 3.49. The van der Waals surface area contributed by atoms with E-state index in [1.807, 2.05) is 4.90 Å². The van der Waals surface area contributed by atoms with Crippen molar-refractivity contribution < 1.29 is 19.1 Å². The van der Waals surface area contributed by atoms with Crippen molar-refractivity contribution in [3.05, 3.63) is 0 Å². The summed E-state index contributed by atoms with van der Waals surface area (Å²) in [5.74, 6) is -0.829. The summed E-state index contributed by atoms with van der Waals surface area (Å²) in [6, 6.07) is 0.258. The molecule has 1 aliphatic carbocycles. The molecule has 6 heteroatoms. The van der Waals surface area contributed by atoms with Gasteiger partial charge in [0.1, 0.15) is 5.78 Å². The molecule has 1 aliphatic rings. The second-order valence-electron chi connectivity index (χ2n) is 5.15. The standard InChI is InChI=1S/C14H24N2O4/c1-2-20-14(19)8-7-12(17)9-16(10-13(15)18)11-5-3-4-6-11/h11H,2-10H2,1H3,(H2,15,18).